The third-order valence-corrected chi connectivity index (χ3v) is 3.12. The normalized spacial score (nSPS) is 10.4. The maximum absolute atomic E-state index is 12.2. The second-order valence-corrected chi connectivity index (χ2v) is 4.55. The standard InChI is InChI=1S/C17H12O5/c1-20-12-6-4-5-11(9-12)17(19)22-15-10-16(18)21-14-8-3-2-7-13(14)15/h2-10H,1H3. The highest BCUT2D eigenvalue weighted by molar-refractivity contribution is 5.94. The first kappa shape index (κ1) is 13.9. The van der Waals surface area contributed by atoms with Crippen molar-refractivity contribution in [2.45, 2.75) is 0 Å². The molecule has 3 rings (SSSR count). The summed E-state index contributed by atoms with van der Waals surface area (Å²) in [6.07, 6.45) is 0. The van der Waals surface area contributed by atoms with Crippen LogP contribution in [-0.4, -0.2) is 13.1 Å². The van der Waals surface area contributed by atoms with Crippen molar-refractivity contribution in [1.82, 2.24) is 0 Å². The van der Waals surface area contributed by atoms with Crippen LogP contribution in [0.15, 0.2) is 63.8 Å². The largest absolute Gasteiger partial charge is 0.497 e. The maximum Gasteiger partial charge on any atom is 0.343 e. The molecule has 0 N–H and O–H groups in total. The van der Waals surface area contributed by atoms with Gasteiger partial charge in [0, 0.05) is 0 Å². The Kier molecular flexibility index (Phi) is 3.62. The number of methoxy groups -OCH3 is 1. The first-order valence-electron chi connectivity index (χ1n) is 6.56. The number of rotatable bonds is 3. The Labute approximate surface area is 125 Å². The first-order valence-corrected chi connectivity index (χ1v) is 6.56. The summed E-state index contributed by atoms with van der Waals surface area (Å²) in [5.41, 5.74) is 0.118. The summed E-state index contributed by atoms with van der Waals surface area (Å²) in [5.74, 6) is 0.140. The lowest BCUT2D eigenvalue weighted by Gasteiger charge is -2.07. The van der Waals surface area contributed by atoms with Crippen molar-refractivity contribution in [2.24, 2.45) is 0 Å². The second-order valence-electron chi connectivity index (χ2n) is 4.55. The topological polar surface area (TPSA) is 65.7 Å². The van der Waals surface area contributed by atoms with E-state index in [4.69, 9.17) is 13.9 Å². The molecule has 5 heteroatoms. The molecule has 0 aliphatic rings. The zero-order valence-corrected chi connectivity index (χ0v) is 11.7. The fraction of sp³-hybridized carbons (Fsp3) is 0.0588. The van der Waals surface area contributed by atoms with E-state index in [9.17, 15) is 9.59 Å². The second kappa shape index (κ2) is 5.73. The number of esters is 1. The number of ether oxygens (including phenoxy) is 2. The van der Waals surface area contributed by atoms with Crippen molar-refractivity contribution in [3.8, 4) is 11.5 Å². The van der Waals surface area contributed by atoms with E-state index in [2.05, 4.69) is 0 Å². The number of fused-ring (bicyclic) bond motifs is 1. The Balaban J connectivity index is 1.99. The van der Waals surface area contributed by atoms with Crippen LogP contribution in [-0.2, 0) is 0 Å². The van der Waals surface area contributed by atoms with Crippen molar-refractivity contribution < 1.29 is 18.7 Å². The molecule has 22 heavy (non-hydrogen) atoms. The van der Waals surface area contributed by atoms with Crippen molar-refractivity contribution in [3.63, 3.8) is 0 Å². The molecule has 0 saturated carbocycles. The number of carbonyl (C=O) groups excluding carboxylic acids is 1. The van der Waals surface area contributed by atoms with Crippen molar-refractivity contribution >= 4 is 16.9 Å². The predicted octanol–water partition coefficient (Wildman–Crippen LogP) is 3.02. The van der Waals surface area contributed by atoms with Crippen LogP contribution in [0.5, 0.6) is 11.5 Å². The SMILES string of the molecule is COc1cccc(C(=O)Oc2cc(=O)oc3ccccc23)c1. The molecule has 110 valence electrons. The van der Waals surface area contributed by atoms with Crippen LogP contribution in [0.25, 0.3) is 11.0 Å². The lowest BCUT2D eigenvalue weighted by molar-refractivity contribution is 0.0736. The van der Waals surface area contributed by atoms with E-state index in [1.807, 2.05) is 0 Å². The highest BCUT2D eigenvalue weighted by atomic mass is 16.5. The van der Waals surface area contributed by atoms with E-state index in [1.54, 1.807) is 48.5 Å². The van der Waals surface area contributed by atoms with Gasteiger partial charge in [-0.25, -0.2) is 9.59 Å². The number of hydrogen-bond acceptors (Lipinski definition) is 5. The Hall–Kier alpha value is -3.08. The number of benzene rings is 2. The molecule has 0 aliphatic carbocycles. The Bertz CT molecular complexity index is 895. The smallest absolute Gasteiger partial charge is 0.343 e. The van der Waals surface area contributed by atoms with Crippen LogP contribution in [0.4, 0.5) is 0 Å². The van der Waals surface area contributed by atoms with Gasteiger partial charge in [-0.1, -0.05) is 18.2 Å². The zero-order chi connectivity index (χ0) is 15.5. The molecule has 0 fully saturated rings. The highest BCUT2D eigenvalue weighted by Gasteiger charge is 2.13. The van der Waals surface area contributed by atoms with Gasteiger partial charge in [0.15, 0.2) is 0 Å². The molecule has 0 unspecified atom stereocenters. The van der Waals surface area contributed by atoms with Crippen LogP contribution in [0.2, 0.25) is 0 Å². The minimum atomic E-state index is -0.577. The third-order valence-electron chi connectivity index (χ3n) is 3.12. The molecule has 0 amide bonds. The molecule has 5 nitrogen and oxygen atoms in total. The Morgan fingerprint density at radius 3 is 2.68 bits per heavy atom. The average Bonchev–Trinajstić information content (AvgIpc) is 2.54. The molecule has 0 aliphatic heterocycles. The molecular formula is C17H12O5. The van der Waals surface area contributed by atoms with E-state index < -0.39 is 11.6 Å². The molecule has 0 saturated heterocycles. The molecule has 0 radical (unpaired) electrons. The van der Waals surface area contributed by atoms with E-state index in [1.165, 1.54) is 7.11 Å². The fourth-order valence-corrected chi connectivity index (χ4v) is 2.08. The van der Waals surface area contributed by atoms with Gasteiger partial charge in [0.2, 0.25) is 0 Å². The van der Waals surface area contributed by atoms with E-state index >= 15 is 0 Å². The van der Waals surface area contributed by atoms with Gasteiger partial charge in [0.1, 0.15) is 17.1 Å². The van der Waals surface area contributed by atoms with Crippen LogP contribution >= 0.6 is 0 Å². The van der Waals surface area contributed by atoms with Gasteiger partial charge in [-0.2, -0.15) is 0 Å². The monoisotopic (exact) mass is 296 g/mol. The number of para-hydroxylation sites is 1. The van der Waals surface area contributed by atoms with Crippen molar-refractivity contribution in [3.05, 3.63) is 70.6 Å². The maximum atomic E-state index is 12.2. The Morgan fingerprint density at radius 2 is 1.86 bits per heavy atom. The van der Waals surface area contributed by atoms with Gasteiger partial charge in [-0.3, -0.25) is 0 Å². The molecule has 1 aromatic heterocycles. The van der Waals surface area contributed by atoms with Gasteiger partial charge in [0.05, 0.1) is 24.1 Å². The third kappa shape index (κ3) is 2.69. The summed E-state index contributed by atoms with van der Waals surface area (Å²) in [4.78, 5) is 23.8. The summed E-state index contributed by atoms with van der Waals surface area (Å²) in [6, 6.07) is 14.6. The average molecular weight is 296 g/mol. The number of hydrogen-bond donors (Lipinski definition) is 0. The van der Waals surface area contributed by atoms with E-state index in [-0.39, 0.29) is 5.75 Å². The number of carbonyl (C=O) groups is 1. The zero-order valence-electron chi connectivity index (χ0n) is 11.7. The highest BCUT2D eigenvalue weighted by Crippen LogP contribution is 2.24. The predicted molar refractivity (Wildman–Crippen MR) is 80.4 cm³/mol. The van der Waals surface area contributed by atoms with Gasteiger partial charge < -0.3 is 13.9 Å². The quantitative estimate of drug-likeness (QED) is 0.549. The van der Waals surface area contributed by atoms with Crippen LogP contribution < -0.4 is 15.1 Å². The first-order chi connectivity index (χ1) is 10.7. The summed E-state index contributed by atoms with van der Waals surface area (Å²) < 4.78 is 15.5. The summed E-state index contributed by atoms with van der Waals surface area (Å²) >= 11 is 0. The van der Waals surface area contributed by atoms with Gasteiger partial charge in [-0.15, -0.1) is 0 Å². The van der Waals surface area contributed by atoms with Gasteiger partial charge in [-0.05, 0) is 30.3 Å². The molecule has 1 heterocycles. The molecule has 0 bridgehead atoms. The molecule has 2 aromatic carbocycles. The van der Waals surface area contributed by atoms with E-state index in [0.717, 1.165) is 6.07 Å². The Morgan fingerprint density at radius 1 is 1.05 bits per heavy atom. The van der Waals surface area contributed by atoms with Gasteiger partial charge in [0.25, 0.3) is 0 Å². The van der Waals surface area contributed by atoms with Crippen LogP contribution in [0.1, 0.15) is 10.4 Å². The van der Waals surface area contributed by atoms with Crippen LogP contribution in [0.3, 0.4) is 0 Å². The molecule has 0 atom stereocenters. The minimum absolute atomic E-state index is 0.166. The lowest BCUT2D eigenvalue weighted by atomic mass is 10.2. The van der Waals surface area contributed by atoms with Crippen molar-refractivity contribution in [2.75, 3.05) is 7.11 Å². The minimum Gasteiger partial charge on any atom is -0.497 e. The molecule has 0 spiro atoms. The lowest BCUT2D eigenvalue weighted by Crippen LogP contribution is -2.10. The van der Waals surface area contributed by atoms with E-state index in [0.29, 0.717) is 22.3 Å². The molecule has 3 aromatic rings. The van der Waals surface area contributed by atoms with Crippen molar-refractivity contribution in [1.29, 1.82) is 0 Å². The summed E-state index contributed by atoms with van der Waals surface area (Å²) in [6.45, 7) is 0. The van der Waals surface area contributed by atoms with Crippen LogP contribution in [0, 0.1) is 0 Å². The fourth-order valence-electron chi connectivity index (χ4n) is 2.08. The summed E-state index contributed by atoms with van der Waals surface area (Å²) in [7, 11) is 1.51. The van der Waals surface area contributed by atoms with Gasteiger partial charge >= 0.3 is 11.6 Å². The molecular weight excluding hydrogens is 284 g/mol. The summed E-state index contributed by atoms with van der Waals surface area (Å²) in [5, 5.41) is 0.554.